The van der Waals surface area contributed by atoms with E-state index < -0.39 is 10.0 Å². The number of pyridine rings is 1. The molecule has 3 rings (SSSR count). The predicted octanol–water partition coefficient (Wildman–Crippen LogP) is 2.01. The zero-order valence-electron chi connectivity index (χ0n) is 17.1. The molecule has 1 saturated heterocycles. The highest BCUT2D eigenvalue weighted by Gasteiger charge is 2.17. The van der Waals surface area contributed by atoms with E-state index in [1.165, 1.54) is 0 Å². The Hall–Kier alpha value is -1.50. The van der Waals surface area contributed by atoms with Crippen LogP contribution in [0.25, 0.3) is 10.9 Å². The quantitative estimate of drug-likeness (QED) is 0.266. The Morgan fingerprint density at radius 2 is 2.07 bits per heavy atom. The van der Waals surface area contributed by atoms with Crippen LogP contribution >= 0.6 is 24.0 Å². The van der Waals surface area contributed by atoms with Crippen LogP contribution in [-0.2, 0) is 21.3 Å². The van der Waals surface area contributed by atoms with Crippen molar-refractivity contribution in [2.75, 3.05) is 32.5 Å². The van der Waals surface area contributed by atoms with Crippen LogP contribution in [0.3, 0.4) is 0 Å². The van der Waals surface area contributed by atoms with Gasteiger partial charge in [0.2, 0.25) is 10.0 Å². The van der Waals surface area contributed by atoms with Crippen molar-refractivity contribution in [3.63, 3.8) is 0 Å². The van der Waals surface area contributed by atoms with Gasteiger partial charge in [0.05, 0.1) is 17.4 Å². The largest absolute Gasteiger partial charge is 0.377 e. The first-order chi connectivity index (χ1) is 14.1. The van der Waals surface area contributed by atoms with Gasteiger partial charge in [0.15, 0.2) is 5.96 Å². The van der Waals surface area contributed by atoms with Gasteiger partial charge in [-0.05, 0) is 37.0 Å². The number of para-hydroxylation sites is 1. The number of nitrogens with zero attached hydrogens (tertiary/aromatic N) is 2. The minimum atomic E-state index is -3.36. The summed E-state index contributed by atoms with van der Waals surface area (Å²) >= 11 is 0. The molecule has 30 heavy (non-hydrogen) atoms. The standard InChI is InChI=1S/C20H29N5O3S.HI/c1-21-20(24-14-16-9-10-22-19-8-3-2-7-18(16)19)23-11-13-29(26,27)25-15-17-6-4-5-12-28-17;/h2-3,7-10,17,25H,4-6,11-15H2,1H3,(H2,21,23,24);1H. The van der Waals surface area contributed by atoms with Crippen molar-refractivity contribution in [3.05, 3.63) is 42.1 Å². The molecule has 1 aromatic carbocycles. The van der Waals surface area contributed by atoms with Gasteiger partial charge in [-0.15, -0.1) is 24.0 Å². The van der Waals surface area contributed by atoms with E-state index in [2.05, 4.69) is 25.3 Å². The maximum atomic E-state index is 12.2. The number of benzene rings is 1. The zero-order chi connectivity index (χ0) is 20.5. The van der Waals surface area contributed by atoms with Crippen LogP contribution in [0, 0.1) is 0 Å². The van der Waals surface area contributed by atoms with Crippen molar-refractivity contribution < 1.29 is 13.2 Å². The monoisotopic (exact) mass is 547 g/mol. The lowest BCUT2D eigenvalue weighted by atomic mass is 10.1. The van der Waals surface area contributed by atoms with E-state index in [1.807, 2.05) is 30.3 Å². The normalized spacial score (nSPS) is 17.4. The van der Waals surface area contributed by atoms with Crippen LogP contribution < -0.4 is 15.4 Å². The number of nitrogens with one attached hydrogen (secondary N) is 3. The maximum Gasteiger partial charge on any atom is 0.213 e. The first kappa shape index (κ1) is 24.8. The molecule has 1 aliphatic heterocycles. The van der Waals surface area contributed by atoms with E-state index in [1.54, 1.807) is 13.2 Å². The van der Waals surface area contributed by atoms with Gasteiger partial charge in [-0.25, -0.2) is 13.1 Å². The molecular formula is C20H30IN5O3S. The Morgan fingerprint density at radius 1 is 1.23 bits per heavy atom. The minimum Gasteiger partial charge on any atom is -0.377 e. The molecule has 0 amide bonds. The molecule has 1 fully saturated rings. The second-order valence-electron chi connectivity index (χ2n) is 7.00. The predicted molar refractivity (Wildman–Crippen MR) is 131 cm³/mol. The fraction of sp³-hybridized carbons (Fsp3) is 0.500. The number of halogens is 1. The van der Waals surface area contributed by atoms with Gasteiger partial charge >= 0.3 is 0 Å². The Balaban J connectivity index is 0.00000320. The fourth-order valence-corrected chi connectivity index (χ4v) is 4.23. The van der Waals surface area contributed by atoms with Gasteiger partial charge in [0.25, 0.3) is 0 Å². The third-order valence-electron chi connectivity index (χ3n) is 4.88. The molecule has 0 bridgehead atoms. The Labute approximate surface area is 195 Å². The van der Waals surface area contributed by atoms with E-state index in [9.17, 15) is 8.42 Å². The Bertz CT molecular complexity index is 928. The smallest absolute Gasteiger partial charge is 0.213 e. The number of rotatable bonds is 8. The molecule has 8 nitrogen and oxygen atoms in total. The summed E-state index contributed by atoms with van der Waals surface area (Å²) < 4.78 is 32.6. The second-order valence-corrected chi connectivity index (χ2v) is 8.92. The molecule has 1 aliphatic rings. The molecule has 0 saturated carbocycles. The molecule has 1 aromatic heterocycles. The maximum absolute atomic E-state index is 12.2. The second kappa shape index (κ2) is 12.4. The van der Waals surface area contributed by atoms with Gasteiger partial charge < -0.3 is 15.4 Å². The van der Waals surface area contributed by atoms with Gasteiger partial charge in [-0.3, -0.25) is 9.98 Å². The summed E-state index contributed by atoms with van der Waals surface area (Å²) in [4.78, 5) is 8.53. The van der Waals surface area contributed by atoms with Gasteiger partial charge in [-0.1, -0.05) is 18.2 Å². The van der Waals surface area contributed by atoms with Crippen molar-refractivity contribution in [1.29, 1.82) is 0 Å². The van der Waals surface area contributed by atoms with Gasteiger partial charge in [0.1, 0.15) is 0 Å². The third-order valence-corrected chi connectivity index (χ3v) is 6.23. The van der Waals surface area contributed by atoms with Crippen LogP contribution in [0.5, 0.6) is 0 Å². The van der Waals surface area contributed by atoms with E-state index in [4.69, 9.17) is 4.74 Å². The SMILES string of the molecule is CN=C(NCCS(=O)(=O)NCC1CCCCO1)NCc1ccnc2ccccc12.I. The summed E-state index contributed by atoms with van der Waals surface area (Å²) in [6, 6.07) is 9.91. The van der Waals surface area contributed by atoms with Crippen molar-refractivity contribution in [1.82, 2.24) is 20.3 Å². The molecule has 3 N–H and O–H groups in total. The van der Waals surface area contributed by atoms with Crippen molar-refractivity contribution >= 4 is 50.9 Å². The number of guanidine groups is 1. The van der Waals surface area contributed by atoms with Crippen LogP contribution in [0.4, 0.5) is 0 Å². The highest BCUT2D eigenvalue weighted by atomic mass is 127. The number of hydrogen-bond donors (Lipinski definition) is 3. The molecule has 10 heteroatoms. The van der Waals surface area contributed by atoms with E-state index >= 15 is 0 Å². The summed E-state index contributed by atoms with van der Waals surface area (Å²) in [5, 5.41) is 7.36. The summed E-state index contributed by atoms with van der Waals surface area (Å²) in [5.74, 6) is 0.523. The number of ether oxygens (including phenoxy) is 1. The molecule has 2 aromatic rings. The Kier molecular flexibility index (Phi) is 10.2. The molecule has 2 heterocycles. The number of hydrogen-bond acceptors (Lipinski definition) is 5. The minimum absolute atomic E-state index is 0. The number of aliphatic imine (C=N–C) groups is 1. The number of sulfonamides is 1. The van der Waals surface area contributed by atoms with Crippen LogP contribution in [0.15, 0.2) is 41.5 Å². The molecule has 0 spiro atoms. The average Bonchev–Trinajstić information content (AvgIpc) is 2.75. The molecule has 0 radical (unpaired) electrons. The van der Waals surface area contributed by atoms with E-state index in [-0.39, 0.29) is 42.4 Å². The highest BCUT2D eigenvalue weighted by molar-refractivity contribution is 14.0. The van der Waals surface area contributed by atoms with Crippen molar-refractivity contribution in [3.8, 4) is 0 Å². The van der Waals surface area contributed by atoms with Crippen LogP contribution in [0.2, 0.25) is 0 Å². The molecular weight excluding hydrogens is 517 g/mol. The van der Waals surface area contributed by atoms with E-state index in [0.29, 0.717) is 25.7 Å². The van der Waals surface area contributed by atoms with Crippen LogP contribution in [0.1, 0.15) is 24.8 Å². The lowest BCUT2D eigenvalue weighted by molar-refractivity contribution is 0.0200. The summed E-state index contributed by atoms with van der Waals surface area (Å²) in [6.45, 7) is 1.87. The first-order valence-corrected chi connectivity index (χ1v) is 11.6. The van der Waals surface area contributed by atoms with Crippen molar-refractivity contribution in [2.45, 2.75) is 31.9 Å². The molecule has 0 aliphatic carbocycles. The zero-order valence-corrected chi connectivity index (χ0v) is 20.3. The number of fused-ring (bicyclic) bond motifs is 1. The van der Waals surface area contributed by atoms with Gasteiger partial charge in [-0.2, -0.15) is 0 Å². The summed E-state index contributed by atoms with van der Waals surface area (Å²) in [5.41, 5.74) is 2.04. The van der Waals surface area contributed by atoms with Crippen molar-refractivity contribution in [2.24, 2.45) is 4.99 Å². The fourth-order valence-electron chi connectivity index (χ4n) is 3.27. The molecule has 1 atom stereocenters. The number of aromatic nitrogens is 1. The topological polar surface area (TPSA) is 105 Å². The van der Waals surface area contributed by atoms with Crippen LogP contribution in [-0.4, -0.2) is 58.0 Å². The third kappa shape index (κ3) is 7.64. The first-order valence-electron chi connectivity index (χ1n) is 9.93. The highest BCUT2D eigenvalue weighted by Crippen LogP contribution is 2.15. The Morgan fingerprint density at radius 3 is 2.83 bits per heavy atom. The lowest BCUT2D eigenvalue weighted by Crippen LogP contribution is -2.42. The lowest BCUT2D eigenvalue weighted by Gasteiger charge is -2.22. The average molecular weight is 547 g/mol. The molecule has 1 unspecified atom stereocenters. The summed E-state index contributed by atoms with van der Waals surface area (Å²) in [6.07, 6.45) is 4.80. The molecule has 166 valence electrons. The van der Waals surface area contributed by atoms with E-state index in [0.717, 1.165) is 35.7 Å². The van der Waals surface area contributed by atoms with Gasteiger partial charge in [0, 0.05) is 44.9 Å². The summed E-state index contributed by atoms with van der Waals surface area (Å²) in [7, 11) is -1.70.